The fourth-order valence-electron chi connectivity index (χ4n) is 3.63. The Bertz CT molecular complexity index is 943. The van der Waals surface area contributed by atoms with E-state index in [4.69, 9.17) is 14.2 Å². The summed E-state index contributed by atoms with van der Waals surface area (Å²) in [5.41, 5.74) is 5.39. The van der Waals surface area contributed by atoms with Crippen LogP contribution < -0.4 is 14.2 Å². The van der Waals surface area contributed by atoms with Gasteiger partial charge in [0.1, 0.15) is 5.75 Å². The summed E-state index contributed by atoms with van der Waals surface area (Å²) in [6.07, 6.45) is 2.11. The highest BCUT2D eigenvalue weighted by Gasteiger charge is 2.20. The van der Waals surface area contributed by atoms with Gasteiger partial charge in [0.2, 0.25) is 6.79 Å². The molecule has 1 heterocycles. The lowest BCUT2D eigenvalue weighted by atomic mass is 9.84. The molecule has 23 heavy (non-hydrogen) atoms. The number of hydrogen-bond acceptors (Lipinski definition) is 3. The third kappa shape index (κ3) is 1.89. The third-order valence-electron chi connectivity index (χ3n) is 4.82. The Morgan fingerprint density at radius 2 is 1.48 bits per heavy atom. The van der Waals surface area contributed by atoms with Crippen molar-refractivity contribution in [2.24, 2.45) is 0 Å². The topological polar surface area (TPSA) is 27.7 Å². The molecule has 1 aliphatic heterocycles. The average molecular weight is 304 g/mol. The highest BCUT2D eigenvalue weighted by atomic mass is 16.7. The Hall–Kier alpha value is -2.68. The van der Waals surface area contributed by atoms with E-state index in [-0.39, 0.29) is 0 Å². The van der Waals surface area contributed by atoms with Crippen molar-refractivity contribution in [3.05, 3.63) is 53.6 Å². The van der Waals surface area contributed by atoms with Crippen LogP contribution in [0.3, 0.4) is 0 Å². The van der Waals surface area contributed by atoms with Crippen molar-refractivity contribution in [3.8, 4) is 28.4 Å². The maximum atomic E-state index is 5.51. The normalized spacial score (nSPS) is 14.5. The molecule has 1 aliphatic carbocycles. The second-order valence-electron chi connectivity index (χ2n) is 6.09. The van der Waals surface area contributed by atoms with Gasteiger partial charge in [-0.2, -0.15) is 0 Å². The first-order valence-corrected chi connectivity index (χ1v) is 7.85. The van der Waals surface area contributed by atoms with E-state index < -0.39 is 0 Å². The summed E-state index contributed by atoms with van der Waals surface area (Å²) < 4.78 is 16.4. The largest absolute Gasteiger partial charge is 0.497 e. The third-order valence-corrected chi connectivity index (χ3v) is 4.82. The van der Waals surface area contributed by atoms with Crippen LogP contribution in [0.2, 0.25) is 0 Å². The fourth-order valence-corrected chi connectivity index (χ4v) is 3.63. The van der Waals surface area contributed by atoms with E-state index in [1.54, 1.807) is 7.11 Å². The molecular weight excluding hydrogens is 288 g/mol. The summed E-state index contributed by atoms with van der Waals surface area (Å²) in [5.74, 6) is 2.61. The van der Waals surface area contributed by atoms with Crippen LogP contribution in [0, 0.1) is 0 Å². The summed E-state index contributed by atoms with van der Waals surface area (Å²) >= 11 is 0. The van der Waals surface area contributed by atoms with E-state index in [0.29, 0.717) is 6.79 Å². The first-order chi connectivity index (χ1) is 11.3. The zero-order valence-electron chi connectivity index (χ0n) is 12.9. The second-order valence-corrected chi connectivity index (χ2v) is 6.09. The van der Waals surface area contributed by atoms with Gasteiger partial charge in [0.15, 0.2) is 11.5 Å². The van der Waals surface area contributed by atoms with Crippen molar-refractivity contribution in [1.82, 2.24) is 0 Å². The molecule has 0 radical (unpaired) electrons. The van der Waals surface area contributed by atoms with Crippen LogP contribution in [0.15, 0.2) is 42.5 Å². The lowest BCUT2D eigenvalue weighted by Gasteiger charge is -2.21. The summed E-state index contributed by atoms with van der Waals surface area (Å²) in [4.78, 5) is 0. The Morgan fingerprint density at radius 1 is 0.783 bits per heavy atom. The smallest absolute Gasteiger partial charge is 0.231 e. The monoisotopic (exact) mass is 304 g/mol. The fraction of sp³-hybridized carbons (Fsp3) is 0.200. The lowest BCUT2D eigenvalue weighted by molar-refractivity contribution is 0.174. The Labute approximate surface area is 134 Å². The molecule has 3 aromatic carbocycles. The van der Waals surface area contributed by atoms with Gasteiger partial charge in [0.05, 0.1) is 7.11 Å². The van der Waals surface area contributed by atoms with Crippen LogP contribution in [0.25, 0.3) is 21.9 Å². The van der Waals surface area contributed by atoms with Crippen LogP contribution >= 0.6 is 0 Å². The van der Waals surface area contributed by atoms with Gasteiger partial charge in [0, 0.05) is 0 Å². The average Bonchev–Trinajstić information content (AvgIpc) is 3.04. The van der Waals surface area contributed by atoms with E-state index in [2.05, 4.69) is 36.4 Å². The van der Waals surface area contributed by atoms with Gasteiger partial charge in [-0.05, 0) is 76.2 Å². The summed E-state index contributed by atoms with van der Waals surface area (Å²) in [5, 5.41) is 2.40. The van der Waals surface area contributed by atoms with Crippen LogP contribution in [-0.4, -0.2) is 13.9 Å². The van der Waals surface area contributed by atoms with E-state index >= 15 is 0 Å². The molecule has 0 saturated carbocycles. The number of hydrogen-bond donors (Lipinski definition) is 0. The molecule has 2 aliphatic rings. The minimum absolute atomic E-state index is 0.313. The molecule has 0 aromatic heterocycles. The highest BCUT2D eigenvalue weighted by molar-refractivity contribution is 5.92. The number of aryl methyl sites for hydroxylation is 2. The quantitative estimate of drug-likeness (QED) is 0.669. The molecular formula is C20H16O3. The van der Waals surface area contributed by atoms with Crippen molar-refractivity contribution in [3.63, 3.8) is 0 Å². The Balaban J connectivity index is 1.73. The van der Waals surface area contributed by atoms with Gasteiger partial charge >= 0.3 is 0 Å². The molecule has 0 fully saturated rings. The first kappa shape index (κ1) is 12.8. The number of benzene rings is 3. The molecule has 3 nitrogen and oxygen atoms in total. The van der Waals surface area contributed by atoms with Crippen LogP contribution in [-0.2, 0) is 12.8 Å². The van der Waals surface area contributed by atoms with Gasteiger partial charge in [-0.25, -0.2) is 0 Å². The number of rotatable bonds is 1. The van der Waals surface area contributed by atoms with Crippen molar-refractivity contribution < 1.29 is 14.2 Å². The molecule has 5 rings (SSSR count). The van der Waals surface area contributed by atoms with Crippen molar-refractivity contribution in [2.45, 2.75) is 12.8 Å². The van der Waals surface area contributed by atoms with Crippen LogP contribution in [0.4, 0.5) is 0 Å². The molecule has 114 valence electrons. The summed E-state index contributed by atoms with van der Waals surface area (Å²) in [6.45, 7) is 0.313. The van der Waals surface area contributed by atoms with E-state index in [1.807, 2.05) is 6.07 Å². The van der Waals surface area contributed by atoms with E-state index in [1.165, 1.54) is 33.0 Å². The number of fused-ring (bicyclic) bond motifs is 5. The maximum absolute atomic E-state index is 5.51. The molecule has 0 spiro atoms. The molecule has 0 N–H and O–H groups in total. The molecule has 0 bridgehead atoms. The predicted molar refractivity (Wildman–Crippen MR) is 89.5 cm³/mol. The molecule has 3 heteroatoms. The van der Waals surface area contributed by atoms with Gasteiger partial charge in [-0.1, -0.05) is 12.1 Å². The van der Waals surface area contributed by atoms with Crippen LogP contribution in [0.1, 0.15) is 11.1 Å². The van der Waals surface area contributed by atoms with Gasteiger partial charge in [-0.3, -0.25) is 0 Å². The zero-order valence-corrected chi connectivity index (χ0v) is 12.9. The van der Waals surface area contributed by atoms with Crippen molar-refractivity contribution in [1.29, 1.82) is 0 Å². The summed E-state index contributed by atoms with van der Waals surface area (Å²) in [6, 6.07) is 15.1. The molecule has 0 saturated heterocycles. The minimum atomic E-state index is 0.313. The van der Waals surface area contributed by atoms with Gasteiger partial charge in [0.25, 0.3) is 0 Å². The number of methoxy groups -OCH3 is 1. The van der Waals surface area contributed by atoms with Crippen molar-refractivity contribution >= 4 is 10.8 Å². The zero-order chi connectivity index (χ0) is 15.4. The Kier molecular flexibility index (Phi) is 2.60. The van der Waals surface area contributed by atoms with E-state index in [9.17, 15) is 0 Å². The minimum Gasteiger partial charge on any atom is -0.497 e. The highest BCUT2D eigenvalue weighted by Crippen LogP contribution is 2.41. The molecule has 0 unspecified atom stereocenters. The standard InChI is InChI=1S/C20H16O3/c1-21-16-4-5-17-13(7-16)3-2-12-6-14-9-19-20(23-11-22-19)10-15(14)8-18(12)17/h4-10H,2-3,11H2,1H3. The van der Waals surface area contributed by atoms with Gasteiger partial charge in [-0.15, -0.1) is 0 Å². The first-order valence-electron chi connectivity index (χ1n) is 7.85. The van der Waals surface area contributed by atoms with Crippen molar-refractivity contribution in [2.75, 3.05) is 13.9 Å². The Morgan fingerprint density at radius 3 is 2.22 bits per heavy atom. The predicted octanol–water partition coefficient (Wildman–Crippen LogP) is 4.34. The SMILES string of the molecule is COc1ccc2c(c1)CCc1cc3cc4c(cc3cc1-2)OCO4. The molecule has 3 aromatic rings. The van der Waals surface area contributed by atoms with Gasteiger partial charge < -0.3 is 14.2 Å². The molecule has 0 atom stereocenters. The number of ether oxygens (including phenoxy) is 3. The lowest BCUT2D eigenvalue weighted by Crippen LogP contribution is -2.04. The summed E-state index contributed by atoms with van der Waals surface area (Å²) in [7, 11) is 1.72. The molecule has 0 amide bonds. The van der Waals surface area contributed by atoms with Crippen LogP contribution in [0.5, 0.6) is 17.2 Å². The van der Waals surface area contributed by atoms with E-state index in [0.717, 1.165) is 30.1 Å². The second kappa shape index (κ2) is 4.66. The maximum Gasteiger partial charge on any atom is 0.231 e.